The van der Waals surface area contributed by atoms with E-state index in [1.54, 1.807) is 30.3 Å². The van der Waals surface area contributed by atoms with Gasteiger partial charge < -0.3 is 9.73 Å². The van der Waals surface area contributed by atoms with Crippen molar-refractivity contribution >= 4 is 17.0 Å². The molecule has 124 valence electrons. The maximum atomic E-state index is 13.5. The van der Waals surface area contributed by atoms with Crippen LogP contribution in [0.25, 0.3) is 11.1 Å². The van der Waals surface area contributed by atoms with Crippen molar-refractivity contribution in [2.75, 3.05) is 6.54 Å². The first-order chi connectivity index (χ1) is 11.6. The minimum atomic E-state index is -0.483. The van der Waals surface area contributed by atoms with E-state index < -0.39 is 5.76 Å². The molecule has 0 saturated carbocycles. The quantitative estimate of drug-likeness (QED) is 0.730. The van der Waals surface area contributed by atoms with Gasteiger partial charge in [-0.1, -0.05) is 24.3 Å². The summed E-state index contributed by atoms with van der Waals surface area (Å²) in [5.41, 5.74) is 2.65. The van der Waals surface area contributed by atoms with Crippen molar-refractivity contribution in [3.8, 4) is 0 Å². The van der Waals surface area contributed by atoms with Crippen molar-refractivity contribution in [3.63, 3.8) is 0 Å². The summed E-state index contributed by atoms with van der Waals surface area (Å²) in [6, 6.07) is 11.9. The molecule has 5 nitrogen and oxygen atoms in total. The minimum absolute atomic E-state index is 0.118. The zero-order valence-corrected chi connectivity index (χ0v) is 13.0. The van der Waals surface area contributed by atoms with Crippen molar-refractivity contribution in [2.24, 2.45) is 0 Å². The second-order valence-corrected chi connectivity index (χ2v) is 5.54. The summed E-state index contributed by atoms with van der Waals surface area (Å²) in [6.07, 6.45) is 1.24. The Kier molecular flexibility index (Phi) is 4.74. The molecule has 0 bridgehead atoms. The number of H-pyrrole nitrogens is 1. The molecule has 0 aliphatic rings. The van der Waals surface area contributed by atoms with Gasteiger partial charge in [0.15, 0.2) is 5.58 Å². The van der Waals surface area contributed by atoms with Gasteiger partial charge in [-0.25, -0.2) is 9.18 Å². The van der Waals surface area contributed by atoms with Gasteiger partial charge >= 0.3 is 5.76 Å². The summed E-state index contributed by atoms with van der Waals surface area (Å²) in [4.78, 5) is 25.5. The summed E-state index contributed by atoms with van der Waals surface area (Å²) >= 11 is 0. The molecule has 0 unspecified atom stereocenters. The average molecular weight is 328 g/mol. The average Bonchev–Trinajstić information content (AvgIpc) is 2.93. The zero-order chi connectivity index (χ0) is 16.9. The fourth-order valence-corrected chi connectivity index (χ4v) is 2.53. The van der Waals surface area contributed by atoms with Gasteiger partial charge in [-0.2, -0.15) is 0 Å². The molecule has 1 aromatic heterocycles. The predicted molar refractivity (Wildman–Crippen MR) is 88.3 cm³/mol. The Balaban J connectivity index is 1.47. The van der Waals surface area contributed by atoms with Gasteiger partial charge in [-0.3, -0.25) is 9.78 Å². The van der Waals surface area contributed by atoms with Crippen LogP contribution in [0.2, 0.25) is 0 Å². The number of nitrogens with one attached hydrogen (secondary N) is 2. The van der Waals surface area contributed by atoms with Crippen molar-refractivity contribution in [3.05, 3.63) is 70.0 Å². The van der Waals surface area contributed by atoms with Crippen LogP contribution in [0, 0.1) is 5.82 Å². The normalized spacial score (nSPS) is 10.9. The Hall–Kier alpha value is -2.89. The summed E-state index contributed by atoms with van der Waals surface area (Å²) in [5, 5.41) is 2.81. The van der Waals surface area contributed by atoms with Crippen LogP contribution in [0.4, 0.5) is 4.39 Å². The molecule has 0 atom stereocenters. The molecule has 3 rings (SSSR count). The lowest BCUT2D eigenvalue weighted by molar-refractivity contribution is -0.121. The number of aryl methyl sites for hydroxylation is 1. The second kappa shape index (κ2) is 7.12. The van der Waals surface area contributed by atoms with Crippen molar-refractivity contribution in [1.82, 2.24) is 10.3 Å². The summed E-state index contributed by atoms with van der Waals surface area (Å²) in [6.45, 7) is 0.469. The molecule has 2 N–H and O–H groups in total. The Morgan fingerprint density at radius 3 is 2.83 bits per heavy atom. The van der Waals surface area contributed by atoms with Crippen molar-refractivity contribution in [1.29, 1.82) is 0 Å². The molecule has 24 heavy (non-hydrogen) atoms. The number of carbonyl (C=O) groups is 1. The lowest BCUT2D eigenvalue weighted by Gasteiger charge is -2.06. The Morgan fingerprint density at radius 2 is 2.00 bits per heavy atom. The number of fused-ring (bicyclic) bond motifs is 1. The van der Waals surface area contributed by atoms with E-state index in [9.17, 15) is 14.0 Å². The largest absolute Gasteiger partial charge is 0.417 e. The fourth-order valence-electron chi connectivity index (χ4n) is 2.53. The van der Waals surface area contributed by atoms with E-state index in [-0.39, 0.29) is 18.1 Å². The van der Waals surface area contributed by atoms with Crippen LogP contribution in [0.3, 0.4) is 0 Å². The third-order valence-corrected chi connectivity index (χ3v) is 3.80. The monoisotopic (exact) mass is 328 g/mol. The van der Waals surface area contributed by atoms with E-state index in [0.717, 1.165) is 5.56 Å². The SMILES string of the molecule is O=C(CCc1ccccc1F)NCCc1ccc2[nH]c(=O)oc2c1. The molecular weight excluding hydrogens is 311 g/mol. The number of benzene rings is 2. The molecule has 3 aromatic rings. The number of halogens is 1. The van der Waals surface area contributed by atoms with E-state index >= 15 is 0 Å². The lowest BCUT2D eigenvalue weighted by Crippen LogP contribution is -2.25. The first-order valence-corrected chi connectivity index (χ1v) is 7.74. The number of rotatable bonds is 6. The molecule has 0 fully saturated rings. The number of amides is 1. The number of oxazole rings is 1. The second-order valence-electron chi connectivity index (χ2n) is 5.54. The molecule has 1 amide bonds. The number of carbonyl (C=O) groups excluding carboxylic acids is 1. The third kappa shape index (κ3) is 3.90. The van der Waals surface area contributed by atoms with Gasteiger partial charge in [-0.15, -0.1) is 0 Å². The highest BCUT2D eigenvalue weighted by Crippen LogP contribution is 2.12. The summed E-state index contributed by atoms with van der Waals surface area (Å²) in [5.74, 6) is -0.886. The number of hydrogen-bond donors (Lipinski definition) is 2. The molecule has 0 spiro atoms. The van der Waals surface area contributed by atoms with Crippen LogP contribution in [-0.2, 0) is 17.6 Å². The van der Waals surface area contributed by atoms with Gasteiger partial charge in [0.1, 0.15) is 5.82 Å². The third-order valence-electron chi connectivity index (χ3n) is 3.80. The summed E-state index contributed by atoms with van der Waals surface area (Å²) in [7, 11) is 0. The minimum Gasteiger partial charge on any atom is -0.408 e. The highest BCUT2D eigenvalue weighted by molar-refractivity contribution is 5.76. The Labute approximate surface area is 137 Å². The maximum absolute atomic E-state index is 13.5. The van der Waals surface area contributed by atoms with E-state index in [0.29, 0.717) is 36.0 Å². The molecule has 0 aliphatic carbocycles. The first kappa shape index (κ1) is 16.0. The maximum Gasteiger partial charge on any atom is 0.417 e. The Bertz CT molecular complexity index is 914. The van der Waals surface area contributed by atoms with E-state index in [2.05, 4.69) is 10.3 Å². The van der Waals surface area contributed by atoms with Gasteiger partial charge in [0, 0.05) is 13.0 Å². The zero-order valence-electron chi connectivity index (χ0n) is 13.0. The van der Waals surface area contributed by atoms with Crippen LogP contribution in [0.5, 0.6) is 0 Å². The molecule has 1 heterocycles. The first-order valence-electron chi connectivity index (χ1n) is 7.74. The van der Waals surface area contributed by atoms with Crippen LogP contribution in [0.15, 0.2) is 51.7 Å². The van der Waals surface area contributed by atoms with Gasteiger partial charge in [0.05, 0.1) is 5.52 Å². The highest BCUT2D eigenvalue weighted by Gasteiger charge is 2.06. The van der Waals surface area contributed by atoms with Gasteiger partial charge in [0.25, 0.3) is 0 Å². The van der Waals surface area contributed by atoms with Crippen LogP contribution < -0.4 is 11.1 Å². The topological polar surface area (TPSA) is 75.1 Å². The van der Waals surface area contributed by atoms with Crippen molar-refractivity contribution < 1.29 is 13.6 Å². The van der Waals surface area contributed by atoms with Crippen LogP contribution >= 0.6 is 0 Å². The van der Waals surface area contributed by atoms with E-state index in [1.807, 2.05) is 6.07 Å². The number of aromatic nitrogens is 1. The van der Waals surface area contributed by atoms with Crippen molar-refractivity contribution in [2.45, 2.75) is 19.3 Å². The highest BCUT2D eigenvalue weighted by atomic mass is 19.1. The molecular formula is C18H17FN2O3. The van der Waals surface area contributed by atoms with E-state index in [1.165, 1.54) is 6.07 Å². The van der Waals surface area contributed by atoms with Crippen LogP contribution in [0.1, 0.15) is 17.5 Å². The molecule has 0 radical (unpaired) electrons. The van der Waals surface area contributed by atoms with Gasteiger partial charge in [0.2, 0.25) is 5.91 Å². The molecule has 0 saturated heterocycles. The molecule has 6 heteroatoms. The lowest BCUT2D eigenvalue weighted by atomic mass is 10.1. The predicted octanol–water partition coefficient (Wildman–Crippen LogP) is 2.55. The number of aromatic amines is 1. The summed E-state index contributed by atoms with van der Waals surface area (Å²) < 4.78 is 18.5. The fraction of sp³-hybridized carbons (Fsp3) is 0.222. The van der Waals surface area contributed by atoms with Crippen LogP contribution in [-0.4, -0.2) is 17.4 Å². The molecule has 2 aromatic carbocycles. The molecule has 0 aliphatic heterocycles. The Morgan fingerprint density at radius 1 is 1.17 bits per heavy atom. The van der Waals surface area contributed by atoms with E-state index in [4.69, 9.17) is 4.42 Å². The smallest absolute Gasteiger partial charge is 0.408 e. The standard InChI is InChI=1S/C18H17FN2O3/c19-14-4-2-1-3-13(14)6-8-17(22)20-10-9-12-5-7-15-16(11-12)24-18(23)21-15/h1-5,7,11H,6,8-10H2,(H,20,22)(H,21,23). The van der Waals surface area contributed by atoms with Gasteiger partial charge in [-0.05, 0) is 42.2 Å². The number of hydrogen-bond acceptors (Lipinski definition) is 3.